The van der Waals surface area contributed by atoms with Gasteiger partial charge in [0, 0.05) is 43.7 Å². The van der Waals surface area contributed by atoms with E-state index in [4.69, 9.17) is 11.6 Å². The monoisotopic (exact) mass is 445 g/mol. The number of hydrogen-bond donors (Lipinski definition) is 0. The van der Waals surface area contributed by atoms with E-state index in [9.17, 15) is 14.4 Å². The highest BCUT2D eigenvalue weighted by Gasteiger charge is 2.37. The van der Waals surface area contributed by atoms with Gasteiger partial charge in [-0.1, -0.05) is 43.0 Å². The number of piperazine rings is 1. The summed E-state index contributed by atoms with van der Waals surface area (Å²) in [4.78, 5) is 43.8. The number of nitrogens with zero attached hydrogens (tertiary/aromatic N) is 3. The zero-order valence-electron chi connectivity index (χ0n) is 18.1. The lowest BCUT2D eigenvalue weighted by Crippen LogP contribution is -2.57. The Kier molecular flexibility index (Phi) is 7.16. The van der Waals surface area contributed by atoms with E-state index in [0.29, 0.717) is 50.1 Å². The summed E-state index contributed by atoms with van der Waals surface area (Å²) in [5, 5.41) is 0.696. The van der Waals surface area contributed by atoms with E-state index in [1.807, 2.05) is 29.2 Å². The lowest BCUT2D eigenvalue weighted by molar-refractivity contribution is -0.152. The van der Waals surface area contributed by atoms with Crippen molar-refractivity contribution in [2.45, 2.75) is 57.4 Å². The Labute approximate surface area is 189 Å². The van der Waals surface area contributed by atoms with Crippen LogP contribution >= 0.6 is 11.6 Å². The summed E-state index contributed by atoms with van der Waals surface area (Å²) in [5.41, 5.74) is 1.12. The Balaban J connectivity index is 1.30. The second-order valence-corrected chi connectivity index (χ2v) is 9.53. The van der Waals surface area contributed by atoms with Crippen LogP contribution in [-0.4, -0.2) is 71.2 Å². The van der Waals surface area contributed by atoms with Gasteiger partial charge in [-0.25, -0.2) is 0 Å². The number of carbonyl (C=O) groups excluding carboxylic acids is 3. The first-order chi connectivity index (χ1) is 15.0. The molecule has 7 heteroatoms. The molecule has 31 heavy (non-hydrogen) atoms. The number of piperidine rings is 1. The molecule has 1 atom stereocenters. The number of carbonyl (C=O) groups is 3. The van der Waals surface area contributed by atoms with Crippen LogP contribution in [0.1, 0.15) is 50.5 Å². The van der Waals surface area contributed by atoms with E-state index in [0.717, 1.165) is 24.8 Å². The van der Waals surface area contributed by atoms with Crippen molar-refractivity contribution in [1.82, 2.24) is 14.7 Å². The quantitative estimate of drug-likeness (QED) is 0.699. The minimum atomic E-state index is -0.211. The molecule has 0 spiro atoms. The van der Waals surface area contributed by atoms with Gasteiger partial charge in [0.2, 0.25) is 17.7 Å². The third-order valence-corrected chi connectivity index (χ3v) is 7.27. The van der Waals surface area contributed by atoms with Crippen molar-refractivity contribution in [3.63, 3.8) is 0 Å². The molecule has 168 valence electrons. The van der Waals surface area contributed by atoms with Crippen LogP contribution in [0.5, 0.6) is 0 Å². The van der Waals surface area contributed by atoms with Gasteiger partial charge >= 0.3 is 0 Å². The van der Waals surface area contributed by atoms with E-state index in [1.165, 1.54) is 19.3 Å². The highest BCUT2D eigenvalue weighted by molar-refractivity contribution is 6.30. The lowest BCUT2D eigenvalue weighted by atomic mass is 9.93. The Morgan fingerprint density at radius 3 is 2.42 bits per heavy atom. The fourth-order valence-corrected chi connectivity index (χ4v) is 5.29. The van der Waals surface area contributed by atoms with Gasteiger partial charge in [0.15, 0.2) is 0 Å². The molecule has 2 heterocycles. The van der Waals surface area contributed by atoms with Crippen LogP contribution in [0, 0.1) is 5.92 Å². The molecule has 3 fully saturated rings. The molecule has 2 saturated heterocycles. The van der Waals surface area contributed by atoms with Gasteiger partial charge in [-0.3, -0.25) is 14.4 Å². The Morgan fingerprint density at radius 2 is 1.71 bits per heavy atom. The molecule has 1 aromatic carbocycles. The van der Waals surface area contributed by atoms with E-state index in [-0.39, 0.29) is 30.2 Å². The van der Waals surface area contributed by atoms with Crippen molar-refractivity contribution in [3.05, 3.63) is 34.9 Å². The summed E-state index contributed by atoms with van der Waals surface area (Å²) in [6.07, 6.45) is 7.54. The lowest BCUT2D eigenvalue weighted by Gasteiger charge is -2.42. The fourth-order valence-electron chi connectivity index (χ4n) is 5.16. The second-order valence-electron chi connectivity index (χ2n) is 9.09. The smallest absolute Gasteiger partial charge is 0.242 e. The Bertz CT molecular complexity index is 807. The molecule has 0 radical (unpaired) electrons. The van der Waals surface area contributed by atoms with Crippen LogP contribution in [-0.2, 0) is 20.8 Å². The first-order valence-corrected chi connectivity index (χ1v) is 12.0. The highest BCUT2D eigenvalue weighted by Crippen LogP contribution is 2.26. The molecule has 1 aromatic rings. The van der Waals surface area contributed by atoms with Crippen molar-refractivity contribution in [2.24, 2.45) is 5.92 Å². The Morgan fingerprint density at radius 1 is 0.968 bits per heavy atom. The van der Waals surface area contributed by atoms with Crippen molar-refractivity contribution >= 4 is 29.3 Å². The third kappa shape index (κ3) is 5.40. The maximum absolute atomic E-state index is 13.1. The van der Waals surface area contributed by atoms with Crippen LogP contribution in [0.3, 0.4) is 0 Å². The van der Waals surface area contributed by atoms with Crippen LogP contribution < -0.4 is 0 Å². The molecule has 2 aliphatic heterocycles. The normalized spacial score (nSPS) is 23.4. The van der Waals surface area contributed by atoms with Gasteiger partial charge in [-0.2, -0.15) is 0 Å². The van der Waals surface area contributed by atoms with Crippen LogP contribution in [0.2, 0.25) is 5.02 Å². The summed E-state index contributed by atoms with van der Waals surface area (Å²) in [7, 11) is 0. The molecular formula is C24H32ClN3O3. The van der Waals surface area contributed by atoms with E-state index in [2.05, 4.69) is 0 Å². The molecule has 6 nitrogen and oxygen atoms in total. The van der Waals surface area contributed by atoms with Gasteiger partial charge in [0.1, 0.15) is 0 Å². The van der Waals surface area contributed by atoms with Gasteiger partial charge in [-0.05, 0) is 43.4 Å². The zero-order valence-corrected chi connectivity index (χ0v) is 18.9. The van der Waals surface area contributed by atoms with Gasteiger partial charge < -0.3 is 14.7 Å². The average molecular weight is 446 g/mol. The first kappa shape index (κ1) is 22.1. The van der Waals surface area contributed by atoms with E-state index >= 15 is 0 Å². The van der Waals surface area contributed by atoms with Crippen LogP contribution in [0.25, 0.3) is 0 Å². The van der Waals surface area contributed by atoms with Crippen LogP contribution in [0.15, 0.2) is 24.3 Å². The SMILES string of the molecule is O=C1CC[C@H](C(=O)N2CCN(C3CCCCC3)C(=O)C2)CN1CCc1ccc(Cl)cc1. The van der Waals surface area contributed by atoms with Crippen molar-refractivity contribution < 1.29 is 14.4 Å². The minimum Gasteiger partial charge on any atom is -0.342 e. The predicted octanol–water partition coefficient (Wildman–Crippen LogP) is 3.12. The summed E-state index contributed by atoms with van der Waals surface area (Å²) >= 11 is 5.94. The van der Waals surface area contributed by atoms with E-state index < -0.39 is 0 Å². The Hall–Kier alpha value is -2.08. The standard InChI is InChI=1S/C24H32ClN3O3/c25-20-9-6-18(7-10-20)12-13-26-16-19(8-11-22(26)29)24(31)27-14-15-28(23(30)17-27)21-4-2-1-3-5-21/h6-7,9-10,19,21H,1-5,8,11-17H2/t19-/m0/s1. The summed E-state index contributed by atoms with van der Waals surface area (Å²) in [5.74, 6) is 0.00627. The topological polar surface area (TPSA) is 60.9 Å². The van der Waals surface area contributed by atoms with E-state index in [1.54, 1.807) is 9.80 Å². The van der Waals surface area contributed by atoms with Crippen molar-refractivity contribution in [2.75, 3.05) is 32.7 Å². The fraction of sp³-hybridized carbons (Fsp3) is 0.625. The molecule has 0 N–H and O–H groups in total. The number of halogens is 1. The molecule has 1 saturated carbocycles. The van der Waals surface area contributed by atoms with Gasteiger partial charge in [-0.15, -0.1) is 0 Å². The van der Waals surface area contributed by atoms with Crippen molar-refractivity contribution in [1.29, 1.82) is 0 Å². The summed E-state index contributed by atoms with van der Waals surface area (Å²) in [6, 6.07) is 8.00. The third-order valence-electron chi connectivity index (χ3n) is 7.02. The van der Waals surface area contributed by atoms with Gasteiger partial charge in [0.25, 0.3) is 0 Å². The predicted molar refractivity (Wildman–Crippen MR) is 120 cm³/mol. The number of likely N-dealkylation sites (tertiary alicyclic amines) is 1. The molecule has 1 aliphatic carbocycles. The first-order valence-electron chi connectivity index (χ1n) is 11.6. The molecule has 4 rings (SSSR count). The molecule has 3 aliphatic rings. The zero-order chi connectivity index (χ0) is 21.8. The largest absolute Gasteiger partial charge is 0.342 e. The number of hydrogen-bond acceptors (Lipinski definition) is 3. The number of amides is 3. The van der Waals surface area contributed by atoms with Gasteiger partial charge in [0.05, 0.1) is 12.5 Å². The summed E-state index contributed by atoms with van der Waals surface area (Å²) in [6.45, 7) is 2.48. The highest BCUT2D eigenvalue weighted by atomic mass is 35.5. The minimum absolute atomic E-state index is 0.0284. The van der Waals surface area contributed by atoms with Crippen molar-refractivity contribution in [3.8, 4) is 0 Å². The molecule has 3 amide bonds. The maximum Gasteiger partial charge on any atom is 0.242 e. The summed E-state index contributed by atoms with van der Waals surface area (Å²) < 4.78 is 0. The molecule has 0 unspecified atom stereocenters. The van der Waals surface area contributed by atoms with Crippen LogP contribution in [0.4, 0.5) is 0 Å². The molecule has 0 aromatic heterocycles. The number of rotatable bonds is 5. The second kappa shape index (κ2) is 10.0. The number of benzene rings is 1. The molecular weight excluding hydrogens is 414 g/mol. The maximum atomic E-state index is 13.1. The molecule has 0 bridgehead atoms. The average Bonchev–Trinajstić information content (AvgIpc) is 2.79.